The van der Waals surface area contributed by atoms with Crippen molar-refractivity contribution in [1.82, 2.24) is 20.1 Å². The average Bonchev–Trinajstić information content (AvgIpc) is 2.83. The SMILES string of the molecule is Cc1nc(CN(C)C(=O)c2ccc(C(C)C)cc2)n[nH]1. The Morgan fingerprint density at radius 2 is 1.95 bits per heavy atom. The van der Waals surface area contributed by atoms with E-state index >= 15 is 0 Å². The van der Waals surface area contributed by atoms with E-state index in [1.807, 2.05) is 31.2 Å². The molecule has 0 bridgehead atoms. The molecule has 5 heteroatoms. The molecule has 0 aliphatic heterocycles. The van der Waals surface area contributed by atoms with E-state index < -0.39 is 0 Å². The Hall–Kier alpha value is -2.17. The summed E-state index contributed by atoms with van der Waals surface area (Å²) in [5, 5.41) is 6.81. The van der Waals surface area contributed by atoms with Crippen LogP contribution in [0.3, 0.4) is 0 Å². The van der Waals surface area contributed by atoms with Gasteiger partial charge < -0.3 is 4.90 Å². The Morgan fingerprint density at radius 1 is 1.30 bits per heavy atom. The molecule has 0 spiro atoms. The van der Waals surface area contributed by atoms with Gasteiger partial charge in [0.25, 0.3) is 5.91 Å². The van der Waals surface area contributed by atoms with Gasteiger partial charge in [-0.05, 0) is 30.5 Å². The van der Waals surface area contributed by atoms with Crippen molar-refractivity contribution in [3.8, 4) is 0 Å². The number of carbonyl (C=O) groups is 1. The number of aromatic amines is 1. The van der Waals surface area contributed by atoms with E-state index in [9.17, 15) is 4.79 Å². The minimum Gasteiger partial charge on any atom is -0.334 e. The van der Waals surface area contributed by atoms with Crippen LogP contribution in [-0.4, -0.2) is 33.0 Å². The number of nitrogens with zero attached hydrogens (tertiary/aromatic N) is 3. The summed E-state index contributed by atoms with van der Waals surface area (Å²) in [6.45, 7) is 6.50. The summed E-state index contributed by atoms with van der Waals surface area (Å²) >= 11 is 0. The molecule has 1 aromatic heterocycles. The minimum absolute atomic E-state index is 0.0252. The van der Waals surface area contributed by atoms with E-state index in [4.69, 9.17) is 0 Å². The van der Waals surface area contributed by atoms with Gasteiger partial charge in [-0.2, -0.15) is 5.10 Å². The highest BCUT2D eigenvalue weighted by Gasteiger charge is 2.14. The second kappa shape index (κ2) is 5.86. The summed E-state index contributed by atoms with van der Waals surface area (Å²) in [6, 6.07) is 7.75. The van der Waals surface area contributed by atoms with Crippen molar-refractivity contribution in [1.29, 1.82) is 0 Å². The monoisotopic (exact) mass is 272 g/mol. The van der Waals surface area contributed by atoms with Crippen LogP contribution in [0.5, 0.6) is 0 Å². The highest BCUT2D eigenvalue weighted by Crippen LogP contribution is 2.15. The van der Waals surface area contributed by atoms with Crippen molar-refractivity contribution >= 4 is 5.91 Å². The number of carbonyl (C=O) groups excluding carboxylic acids is 1. The molecule has 0 fully saturated rings. The topological polar surface area (TPSA) is 61.9 Å². The van der Waals surface area contributed by atoms with Crippen molar-refractivity contribution in [2.75, 3.05) is 7.05 Å². The maximum atomic E-state index is 12.3. The Morgan fingerprint density at radius 3 is 2.45 bits per heavy atom. The van der Waals surface area contributed by atoms with Gasteiger partial charge in [0, 0.05) is 12.6 Å². The fourth-order valence-electron chi connectivity index (χ4n) is 1.97. The standard InChI is InChI=1S/C15H20N4O/c1-10(2)12-5-7-13(8-6-12)15(20)19(4)9-14-16-11(3)17-18-14/h5-8,10H,9H2,1-4H3,(H,16,17,18). The lowest BCUT2D eigenvalue weighted by molar-refractivity contribution is 0.0781. The van der Waals surface area contributed by atoms with E-state index in [2.05, 4.69) is 29.0 Å². The molecule has 2 aromatic rings. The first-order valence-corrected chi connectivity index (χ1v) is 6.70. The second-order valence-corrected chi connectivity index (χ2v) is 5.27. The number of H-pyrrole nitrogens is 1. The summed E-state index contributed by atoms with van der Waals surface area (Å²) in [5.74, 6) is 1.81. The Bertz CT molecular complexity index is 586. The number of hydrogen-bond donors (Lipinski definition) is 1. The fourth-order valence-corrected chi connectivity index (χ4v) is 1.97. The Balaban J connectivity index is 2.06. The third kappa shape index (κ3) is 3.23. The van der Waals surface area contributed by atoms with Gasteiger partial charge in [-0.1, -0.05) is 26.0 Å². The van der Waals surface area contributed by atoms with Crippen LogP contribution in [0.15, 0.2) is 24.3 Å². The average molecular weight is 272 g/mol. The largest absolute Gasteiger partial charge is 0.334 e. The fraction of sp³-hybridized carbons (Fsp3) is 0.400. The van der Waals surface area contributed by atoms with E-state index in [1.165, 1.54) is 5.56 Å². The molecule has 1 amide bonds. The first kappa shape index (κ1) is 14.2. The third-order valence-corrected chi connectivity index (χ3v) is 3.19. The van der Waals surface area contributed by atoms with Crippen LogP contribution < -0.4 is 0 Å². The van der Waals surface area contributed by atoms with Crippen LogP contribution in [-0.2, 0) is 6.54 Å². The van der Waals surface area contributed by atoms with E-state index in [1.54, 1.807) is 11.9 Å². The van der Waals surface area contributed by atoms with Crippen molar-refractivity contribution in [2.24, 2.45) is 0 Å². The first-order valence-electron chi connectivity index (χ1n) is 6.70. The Labute approximate surface area is 119 Å². The zero-order valence-corrected chi connectivity index (χ0v) is 12.3. The Kier molecular flexibility index (Phi) is 4.17. The third-order valence-electron chi connectivity index (χ3n) is 3.19. The van der Waals surface area contributed by atoms with Crippen LogP contribution in [0.2, 0.25) is 0 Å². The molecule has 0 unspecified atom stereocenters. The molecular weight excluding hydrogens is 252 g/mol. The predicted octanol–water partition coefficient (Wildman–Crippen LogP) is 2.51. The summed E-state index contributed by atoms with van der Waals surface area (Å²) in [5.41, 5.74) is 1.91. The summed E-state index contributed by atoms with van der Waals surface area (Å²) < 4.78 is 0. The summed E-state index contributed by atoms with van der Waals surface area (Å²) in [7, 11) is 1.75. The lowest BCUT2D eigenvalue weighted by Crippen LogP contribution is -2.26. The quantitative estimate of drug-likeness (QED) is 0.930. The molecule has 0 atom stereocenters. The molecule has 1 heterocycles. The summed E-state index contributed by atoms with van der Waals surface area (Å²) in [4.78, 5) is 18.1. The van der Waals surface area contributed by atoms with E-state index in [-0.39, 0.29) is 5.91 Å². The van der Waals surface area contributed by atoms with Gasteiger partial charge >= 0.3 is 0 Å². The van der Waals surface area contributed by atoms with Gasteiger partial charge in [0.15, 0.2) is 5.82 Å². The van der Waals surface area contributed by atoms with Gasteiger partial charge in [0.1, 0.15) is 5.82 Å². The van der Waals surface area contributed by atoms with E-state index in [0.29, 0.717) is 23.9 Å². The normalized spacial score (nSPS) is 10.8. The van der Waals surface area contributed by atoms with Crippen LogP contribution >= 0.6 is 0 Å². The van der Waals surface area contributed by atoms with Crippen molar-refractivity contribution < 1.29 is 4.79 Å². The molecule has 5 nitrogen and oxygen atoms in total. The molecule has 106 valence electrons. The number of rotatable bonds is 4. The number of hydrogen-bond acceptors (Lipinski definition) is 3. The molecule has 1 N–H and O–H groups in total. The maximum Gasteiger partial charge on any atom is 0.254 e. The molecule has 2 rings (SSSR count). The first-order chi connectivity index (χ1) is 9.47. The second-order valence-electron chi connectivity index (χ2n) is 5.27. The minimum atomic E-state index is -0.0252. The molecule has 0 aliphatic carbocycles. The van der Waals surface area contributed by atoms with Gasteiger partial charge in [0.05, 0.1) is 6.54 Å². The summed E-state index contributed by atoms with van der Waals surface area (Å²) in [6.07, 6.45) is 0. The van der Waals surface area contributed by atoms with Crippen molar-refractivity contribution in [2.45, 2.75) is 33.2 Å². The number of nitrogens with one attached hydrogen (secondary N) is 1. The number of aryl methyl sites for hydroxylation is 1. The number of amides is 1. The predicted molar refractivity (Wildman–Crippen MR) is 77.4 cm³/mol. The van der Waals surface area contributed by atoms with Crippen LogP contribution in [0.1, 0.15) is 47.3 Å². The molecule has 0 radical (unpaired) electrons. The highest BCUT2D eigenvalue weighted by atomic mass is 16.2. The zero-order valence-electron chi connectivity index (χ0n) is 12.3. The molecule has 0 saturated carbocycles. The van der Waals surface area contributed by atoms with Crippen LogP contribution in [0, 0.1) is 6.92 Å². The lowest BCUT2D eigenvalue weighted by Gasteiger charge is -2.15. The zero-order chi connectivity index (χ0) is 14.7. The van der Waals surface area contributed by atoms with Crippen LogP contribution in [0.25, 0.3) is 0 Å². The molecule has 0 saturated heterocycles. The number of aromatic nitrogens is 3. The molecular formula is C15H20N4O. The van der Waals surface area contributed by atoms with Crippen molar-refractivity contribution in [3.05, 3.63) is 47.0 Å². The van der Waals surface area contributed by atoms with Gasteiger partial charge in [-0.25, -0.2) is 4.98 Å². The van der Waals surface area contributed by atoms with Gasteiger partial charge in [0.2, 0.25) is 0 Å². The maximum absolute atomic E-state index is 12.3. The molecule has 0 aliphatic rings. The van der Waals surface area contributed by atoms with Crippen LogP contribution in [0.4, 0.5) is 0 Å². The molecule has 1 aromatic carbocycles. The number of benzene rings is 1. The van der Waals surface area contributed by atoms with Crippen molar-refractivity contribution in [3.63, 3.8) is 0 Å². The van der Waals surface area contributed by atoms with E-state index in [0.717, 1.165) is 5.82 Å². The van der Waals surface area contributed by atoms with Gasteiger partial charge in [-0.15, -0.1) is 0 Å². The molecule has 20 heavy (non-hydrogen) atoms. The van der Waals surface area contributed by atoms with Gasteiger partial charge in [-0.3, -0.25) is 9.89 Å². The highest BCUT2D eigenvalue weighted by molar-refractivity contribution is 5.94. The lowest BCUT2D eigenvalue weighted by atomic mass is 10.0. The smallest absolute Gasteiger partial charge is 0.254 e.